The van der Waals surface area contributed by atoms with Crippen LogP contribution in [0.2, 0.25) is 0 Å². The van der Waals surface area contributed by atoms with Gasteiger partial charge in [0.15, 0.2) is 0 Å². The molecule has 0 aliphatic carbocycles. The summed E-state index contributed by atoms with van der Waals surface area (Å²) in [5, 5.41) is 3.01. The molecule has 0 spiro atoms. The lowest BCUT2D eigenvalue weighted by atomic mass is 10.1. The molecule has 0 fully saturated rings. The number of para-hydroxylation sites is 2. The van der Waals surface area contributed by atoms with Crippen molar-refractivity contribution in [3.05, 3.63) is 82.3 Å². The van der Waals surface area contributed by atoms with E-state index in [-0.39, 0.29) is 12.5 Å². The van der Waals surface area contributed by atoms with E-state index in [0.29, 0.717) is 0 Å². The lowest BCUT2D eigenvalue weighted by Crippen LogP contribution is -2.19. The van der Waals surface area contributed by atoms with Crippen molar-refractivity contribution in [2.75, 3.05) is 5.32 Å². The average Bonchev–Trinajstić information content (AvgIpc) is 3.03. The summed E-state index contributed by atoms with van der Waals surface area (Å²) in [6, 6.07) is 21.8. The second kappa shape index (κ2) is 7.60. The van der Waals surface area contributed by atoms with Gasteiger partial charge in [-0.15, -0.1) is 0 Å². The summed E-state index contributed by atoms with van der Waals surface area (Å²) < 4.78 is 2.94. The molecule has 1 heterocycles. The third-order valence-electron chi connectivity index (χ3n) is 4.83. The summed E-state index contributed by atoms with van der Waals surface area (Å²) in [6.45, 7) is 4.29. The van der Waals surface area contributed by atoms with Gasteiger partial charge < -0.3 is 9.88 Å². The molecule has 0 aliphatic rings. The van der Waals surface area contributed by atoms with E-state index in [9.17, 15) is 4.79 Å². The van der Waals surface area contributed by atoms with E-state index in [1.807, 2.05) is 78.2 Å². The Bertz CT molecular complexity index is 1180. The summed E-state index contributed by atoms with van der Waals surface area (Å²) in [5.41, 5.74) is 5.94. The second-order valence-corrected chi connectivity index (χ2v) is 7.78. The number of benzene rings is 3. The number of halogens is 1. The highest BCUT2D eigenvalue weighted by Crippen LogP contribution is 2.27. The number of aromatic nitrogens is 2. The molecular weight excluding hydrogens is 414 g/mol. The number of carbonyl (C=O) groups excluding carboxylic acids is 1. The van der Waals surface area contributed by atoms with E-state index in [1.165, 1.54) is 5.56 Å². The number of anilines is 1. The number of nitrogens with one attached hydrogen (secondary N) is 1. The molecule has 0 saturated heterocycles. The van der Waals surface area contributed by atoms with Crippen LogP contribution in [0.3, 0.4) is 0 Å². The Morgan fingerprint density at radius 3 is 2.61 bits per heavy atom. The quantitative estimate of drug-likeness (QED) is 0.447. The highest BCUT2D eigenvalue weighted by Gasteiger charge is 2.15. The van der Waals surface area contributed by atoms with Crippen LogP contribution in [0.1, 0.15) is 11.1 Å². The van der Waals surface area contributed by atoms with Crippen LogP contribution in [0, 0.1) is 13.8 Å². The van der Waals surface area contributed by atoms with Crippen LogP contribution < -0.4 is 5.32 Å². The van der Waals surface area contributed by atoms with Gasteiger partial charge in [0.1, 0.15) is 12.4 Å². The minimum Gasteiger partial charge on any atom is -0.325 e. The molecule has 4 aromatic rings. The molecule has 0 unspecified atom stereocenters. The third kappa shape index (κ3) is 3.71. The van der Waals surface area contributed by atoms with Crippen molar-refractivity contribution >= 4 is 38.6 Å². The number of amides is 1. The molecule has 3 aromatic carbocycles. The number of hydrogen-bond acceptors (Lipinski definition) is 2. The Hall–Kier alpha value is -2.92. The van der Waals surface area contributed by atoms with Crippen LogP contribution in [0.4, 0.5) is 5.69 Å². The first kappa shape index (κ1) is 18.4. The number of imidazole rings is 1. The van der Waals surface area contributed by atoms with E-state index in [2.05, 4.69) is 28.2 Å². The predicted octanol–water partition coefficient (Wildman–Crippen LogP) is 5.72. The van der Waals surface area contributed by atoms with Crippen molar-refractivity contribution in [2.24, 2.45) is 0 Å². The first-order chi connectivity index (χ1) is 13.5. The molecule has 140 valence electrons. The lowest BCUT2D eigenvalue weighted by molar-refractivity contribution is -0.116. The Labute approximate surface area is 172 Å². The molecule has 4 rings (SSSR count). The van der Waals surface area contributed by atoms with Gasteiger partial charge in [0.2, 0.25) is 5.91 Å². The molecular formula is C23H20BrN3O. The van der Waals surface area contributed by atoms with Gasteiger partial charge in [-0.05, 0) is 61.4 Å². The monoisotopic (exact) mass is 433 g/mol. The summed E-state index contributed by atoms with van der Waals surface area (Å²) in [6.07, 6.45) is 0. The van der Waals surface area contributed by atoms with Crippen molar-refractivity contribution < 1.29 is 4.79 Å². The number of rotatable bonds is 4. The fraction of sp³-hybridized carbons (Fsp3) is 0.130. The summed E-state index contributed by atoms with van der Waals surface area (Å²) in [7, 11) is 0. The number of aryl methyl sites for hydroxylation is 2. The number of nitrogens with zero attached hydrogens (tertiary/aromatic N) is 2. The second-order valence-electron chi connectivity index (χ2n) is 6.87. The van der Waals surface area contributed by atoms with Gasteiger partial charge >= 0.3 is 0 Å². The minimum absolute atomic E-state index is 0.0809. The van der Waals surface area contributed by atoms with E-state index >= 15 is 0 Å². The zero-order chi connectivity index (χ0) is 19.7. The standard InChI is InChI=1S/C23H20BrN3O/c1-15-10-11-19(12-16(15)2)25-22(28)14-27-21-9-4-3-8-20(21)26-23(27)17-6-5-7-18(24)13-17/h3-13H,14H2,1-2H3,(H,25,28). The van der Waals surface area contributed by atoms with Crippen molar-refractivity contribution in [3.8, 4) is 11.4 Å². The molecule has 1 aromatic heterocycles. The maximum atomic E-state index is 12.8. The van der Waals surface area contributed by atoms with E-state index in [0.717, 1.165) is 38.1 Å². The first-order valence-corrected chi connectivity index (χ1v) is 9.89. The molecule has 4 nitrogen and oxygen atoms in total. The summed E-state index contributed by atoms with van der Waals surface area (Å²) in [5.74, 6) is 0.695. The molecule has 0 atom stereocenters. The van der Waals surface area contributed by atoms with E-state index in [4.69, 9.17) is 4.98 Å². The fourth-order valence-electron chi connectivity index (χ4n) is 3.25. The maximum Gasteiger partial charge on any atom is 0.244 e. The Balaban J connectivity index is 1.70. The van der Waals surface area contributed by atoms with Gasteiger partial charge in [0, 0.05) is 15.7 Å². The normalized spacial score (nSPS) is 11.0. The van der Waals surface area contributed by atoms with Crippen molar-refractivity contribution in [2.45, 2.75) is 20.4 Å². The first-order valence-electron chi connectivity index (χ1n) is 9.09. The summed E-state index contributed by atoms with van der Waals surface area (Å²) >= 11 is 3.52. The van der Waals surface area contributed by atoms with Crippen LogP contribution in [0.5, 0.6) is 0 Å². The third-order valence-corrected chi connectivity index (χ3v) is 5.32. The average molecular weight is 434 g/mol. The van der Waals surface area contributed by atoms with Gasteiger partial charge in [0.25, 0.3) is 0 Å². The van der Waals surface area contributed by atoms with Gasteiger partial charge in [-0.25, -0.2) is 4.98 Å². The van der Waals surface area contributed by atoms with Gasteiger partial charge in [-0.3, -0.25) is 4.79 Å². The van der Waals surface area contributed by atoms with Crippen molar-refractivity contribution in [1.29, 1.82) is 0 Å². The minimum atomic E-state index is -0.0809. The molecule has 1 amide bonds. The Kier molecular flexibility index (Phi) is 5.01. The van der Waals surface area contributed by atoms with E-state index < -0.39 is 0 Å². The molecule has 0 aliphatic heterocycles. The van der Waals surface area contributed by atoms with Gasteiger partial charge in [-0.1, -0.05) is 46.3 Å². The summed E-state index contributed by atoms with van der Waals surface area (Å²) in [4.78, 5) is 17.6. The Morgan fingerprint density at radius 1 is 1.00 bits per heavy atom. The van der Waals surface area contributed by atoms with E-state index in [1.54, 1.807) is 0 Å². The van der Waals surface area contributed by atoms with Crippen LogP contribution in [0.25, 0.3) is 22.4 Å². The molecule has 1 N–H and O–H groups in total. The molecule has 5 heteroatoms. The number of fused-ring (bicyclic) bond motifs is 1. The largest absolute Gasteiger partial charge is 0.325 e. The predicted molar refractivity (Wildman–Crippen MR) is 117 cm³/mol. The topological polar surface area (TPSA) is 46.9 Å². The number of hydrogen-bond donors (Lipinski definition) is 1. The number of carbonyl (C=O) groups is 1. The van der Waals surface area contributed by atoms with Crippen LogP contribution in [-0.4, -0.2) is 15.5 Å². The molecule has 0 bridgehead atoms. The smallest absolute Gasteiger partial charge is 0.244 e. The maximum absolute atomic E-state index is 12.8. The highest BCUT2D eigenvalue weighted by molar-refractivity contribution is 9.10. The molecule has 0 saturated carbocycles. The highest BCUT2D eigenvalue weighted by atomic mass is 79.9. The van der Waals surface area contributed by atoms with Crippen LogP contribution in [0.15, 0.2) is 71.2 Å². The lowest BCUT2D eigenvalue weighted by Gasteiger charge is -2.11. The zero-order valence-electron chi connectivity index (χ0n) is 15.7. The van der Waals surface area contributed by atoms with Crippen LogP contribution >= 0.6 is 15.9 Å². The zero-order valence-corrected chi connectivity index (χ0v) is 17.3. The van der Waals surface area contributed by atoms with Gasteiger partial charge in [0.05, 0.1) is 11.0 Å². The van der Waals surface area contributed by atoms with Crippen molar-refractivity contribution in [3.63, 3.8) is 0 Å². The van der Waals surface area contributed by atoms with Gasteiger partial charge in [-0.2, -0.15) is 0 Å². The molecule has 0 radical (unpaired) electrons. The van der Waals surface area contributed by atoms with Crippen molar-refractivity contribution in [1.82, 2.24) is 9.55 Å². The van der Waals surface area contributed by atoms with Crippen LogP contribution in [-0.2, 0) is 11.3 Å². The Morgan fingerprint density at radius 2 is 1.82 bits per heavy atom. The SMILES string of the molecule is Cc1ccc(NC(=O)Cn2c(-c3cccc(Br)c3)nc3ccccc32)cc1C. The fourth-order valence-corrected chi connectivity index (χ4v) is 3.65. The molecule has 28 heavy (non-hydrogen) atoms.